The van der Waals surface area contributed by atoms with Gasteiger partial charge in [-0.15, -0.1) is 0 Å². The molecule has 0 fully saturated rings. The highest BCUT2D eigenvalue weighted by Crippen LogP contribution is 2.13. The molecule has 92 valence electrons. The fourth-order valence-electron chi connectivity index (χ4n) is 1.95. The van der Waals surface area contributed by atoms with Crippen LogP contribution in [0.2, 0.25) is 0 Å². The van der Waals surface area contributed by atoms with E-state index < -0.39 is 0 Å². The fraction of sp³-hybridized carbons (Fsp3) is 0.750. The maximum Gasteiger partial charge on any atom is 0.124 e. The molecule has 1 aromatic heterocycles. The maximum absolute atomic E-state index is 5.77. The van der Waals surface area contributed by atoms with Crippen molar-refractivity contribution in [3.63, 3.8) is 0 Å². The van der Waals surface area contributed by atoms with E-state index in [1.807, 2.05) is 18.7 Å². The van der Waals surface area contributed by atoms with E-state index in [1.54, 1.807) is 0 Å². The van der Waals surface area contributed by atoms with Crippen molar-refractivity contribution in [2.75, 3.05) is 18.4 Å². The van der Waals surface area contributed by atoms with E-state index in [-0.39, 0.29) is 0 Å². The highest BCUT2D eigenvalue weighted by atomic mass is 15.3. The summed E-state index contributed by atoms with van der Waals surface area (Å²) in [6.45, 7) is 8.13. The molecule has 0 aliphatic carbocycles. The molecule has 1 heterocycles. The first-order valence-corrected chi connectivity index (χ1v) is 5.97. The lowest BCUT2D eigenvalue weighted by Gasteiger charge is -2.18. The zero-order valence-electron chi connectivity index (χ0n) is 10.8. The average Bonchev–Trinajstić information content (AvgIpc) is 2.51. The Morgan fingerprint density at radius 2 is 2.19 bits per heavy atom. The summed E-state index contributed by atoms with van der Waals surface area (Å²) in [6, 6.07) is 2.06. The highest BCUT2D eigenvalue weighted by molar-refractivity contribution is 5.36. The Kier molecular flexibility index (Phi) is 4.80. The van der Waals surface area contributed by atoms with Crippen LogP contribution in [0.3, 0.4) is 0 Å². The number of hydrogen-bond acceptors (Lipinski definition) is 3. The predicted octanol–water partition coefficient (Wildman–Crippen LogP) is 1.76. The second-order valence-electron chi connectivity index (χ2n) is 4.91. The normalized spacial score (nSPS) is 13.1. The van der Waals surface area contributed by atoms with Gasteiger partial charge >= 0.3 is 0 Å². The quantitative estimate of drug-likeness (QED) is 0.774. The summed E-state index contributed by atoms with van der Waals surface area (Å²) >= 11 is 0. The van der Waals surface area contributed by atoms with Gasteiger partial charge in [-0.25, -0.2) is 0 Å². The van der Waals surface area contributed by atoms with Crippen molar-refractivity contribution in [2.24, 2.45) is 24.6 Å². The number of nitrogens with two attached hydrogens (primary N) is 1. The van der Waals surface area contributed by atoms with Gasteiger partial charge in [-0.1, -0.05) is 13.8 Å². The van der Waals surface area contributed by atoms with Gasteiger partial charge in [0.15, 0.2) is 0 Å². The minimum Gasteiger partial charge on any atom is -0.370 e. The Balaban J connectivity index is 2.46. The first-order chi connectivity index (χ1) is 7.52. The molecule has 16 heavy (non-hydrogen) atoms. The molecule has 1 aromatic rings. The number of aryl methyl sites for hydroxylation is 2. The molecule has 0 aliphatic rings. The number of nitrogens with zero attached hydrogens (tertiary/aromatic N) is 2. The molecule has 3 N–H and O–H groups in total. The van der Waals surface area contributed by atoms with Crippen LogP contribution in [-0.2, 0) is 7.05 Å². The highest BCUT2D eigenvalue weighted by Gasteiger charge is 2.10. The van der Waals surface area contributed by atoms with Crippen LogP contribution in [0, 0.1) is 18.8 Å². The van der Waals surface area contributed by atoms with Crippen molar-refractivity contribution in [3.05, 3.63) is 11.8 Å². The predicted molar refractivity (Wildman–Crippen MR) is 68.4 cm³/mol. The largest absolute Gasteiger partial charge is 0.370 e. The second kappa shape index (κ2) is 5.89. The molecule has 4 heteroatoms. The van der Waals surface area contributed by atoms with E-state index in [0.29, 0.717) is 11.8 Å². The van der Waals surface area contributed by atoms with Crippen LogP contribution in [0.25, 0.3) is 0 Å². The van der Waals surface area contributed by atoms with E-state index in [4.69, 9.17) is 5.73 Å². The lowest BCUT2D eigenvalue weighted by Crippen LogP contribution is -2.25. The van der Waals surface area contributed by atoms with Crippen LogP contribution in [-0.4, -0.2) is 22.9 Å². The summed E-state index contributed by atoms with van der Waals surface area (Å²) in [6.07, 6.45) is 1.17. The van der Waals surface area contributed by atoms with Crippen LogP contribution in [0.4, 0.5) is 5.82 Å². The van der Waals surface area contributed by atoms with Crippen molar-refractivity contribution in [1.29, 1.82) is 0 Å². The molecule has 4 nitrogen and oxygen atoms in total. The Bertz CT molecular complexity index is 317. The van der Waals surface area contributed by atoms with E-state index in [1.165, 1.54) is 6.42 Å². The Morgan fingerprint density at radius 3 is 2.62 bits per heavy atom. The first kappa shape index (κ1) is 13.0. The number of aromatic nitrogens is 2. The smallest absolute Gasteiger partial charge is 0.124 e. The summed E-state index contributed by atoms with van der Waals surface area (Å²) in [5.41, 5.74) is 6.81. The average molecular weight is 224 g/mol. The summed E-state index contributed by atoms with van der Waals surface area (Å²) in [7, 11) is 1.95. The van der Waals surface area contributed by atoms with Crippen LogP contribution in [0.1, 0.15) is 26.0 Å². The van der Waals surface area contributed by atoms with Gasteiger partial charge in [-0.05, 0) is 31.7 Å². The minimum atomic E-state index is 0.537. The third kappa shape index (κ3) is 3.85. The van der Waals surface area contributed by atoms with Gasteiger partial charge in [-0.2, -0.15) is 5.10 Å². The summed E-state index contributed by atoms with van der Waals surface area (Å²) < 4.78 is 1.87. The third-order valence-electron chi connectivity index (χ3n) is 2.71. The van der Waals surface area contributed by atoms with E-state index in [9.17, 15) is 0 Å². The maximum atomic E-state index is 5.77. The van der Waals surface area contributed by atoms with Gasteiger partial charge in [0.2, 0.25) is 0 Å². The third-order valence-corrected chi connectivity index (χ3v) is 2.71. The summed E-state index contributed by atoms with van der Waals surface area (Å²) in [5, 5.41) is 7.71. The standard InChI is InChI=1S/C12H24N4/c1-9(2)5-11(7-13)8-14-12-6-10(3)15-16(12)4/h6,9,11,14H,5,7-8,13H2,1-4H3. The molecule has 0 saturated heterocycles. The molecule has 0 amide bonds. The van der Waals surface area contributed by atoms with Crippen molar-refractivity contribution in [2.45, 2.75) is 27.2 Å². The van der Waals surface area contributed by atoms with Crippen LogP contribution in [0.15, 0.2) is 6.07 Å². The van der Waals surface area contributed by atoms with Gasteiger partial charge in [0.1, 0.15) is 5.82 Å². The van der Waals surface area contributed by atoms with Crippen molar-refractivity contribution in [1.82, 2.24) is 9.78 Å². The zero-order chi connectivity index (χ0) is 12.1. The Hall–Kier alpha value is -1.03. The molecule has 0 aromatic carbocycles. The molecule has 0 bridgehead atoms. The molecule has 0 spiro atoms. The summed E-state index contributed by atoms with van der Waals surface area (Å²) in [5.74, 6) is 2.30. The fourth-order valence-corrected chi connectivity index (χ4v) is 1.95. The zero-order valence-corrected chi connectivity index (χ0v) is 10.8. The van der Waals surface area contributed by atoms with Gasteiger partial charge in [-0.3, -0.25) is 4.68 Å². The van der Waals surface area contributed by atoms with Crippen molar-refractivity contribution in [3.8, 4) is 0 Å². The van der Waals surface area contributed by atoms with Crippen LogP contribution >= 0.6 is 0 Å². The molecule has 0 aliphatic heterocycles. The molecule has 1 atom stereocenters. The number of anilines is 1. The Labute approximate surface area is 98.2 Å². The molecule has 1 rings (SSSR count). The second-order valence-corrected chi connectivity index (χ2v) is 4.91. The van der Waals surface area contributed by atoms with Crippen LogP contribution in [0.5, 0.6) is 0 Å². The van der Waals surface area contributed by atoms with Crippen molar-refractivity contribution < 1.29 is 0 Å². The number of nitrogens with one attached hydrogen (secondary N) is 1. The van der Waals surface area contributed by atoms with Gasteiger partial charge in [0.25, 0.3) is 0 Å². The first-order valence-electron chi connectivity index (χ1n) is 5.97. The molecule has 1 unspecified atom stereocenters. The molecular formula is C12H24N4. The minimum absolute atomic E-state index is 0.537. The van der Waals surface area contributed by atoms with E-state index in [0.717, 1.165) is 24.6 Å². The number of hydrogen-bond donors (Lipinski definition) is 2. The van der Waals surface area contributed by atoms with E-state index >= 15 is 0 Å². The monoisotopic (exact) mass is 224 g/mol. The van der Waals surface area contributed by atoms with Crippen molar-refractivity contribution >= 4 is 5.82 Å². The van der Waals surface area contributed by atoms with Gasteiger partial charge in [0.05, 0.1) is 5.69 Å². The van der Waals surface area contributed by atoms with Crippen LogP contribution < -0.4 is 11.1 Å². The SMILES string of the molecule is Cc1cc(NCC(CN)CC(C)C)n(C)n1. The topological polar surface area (TPSA) is 55.9 Å². The Morgan fingerprint density at radius 1 is 1.50 bits per heavy atom. The van der Waals surface area contributed by atoms with Gasteiger partial charge < -0.3 is 11.1 Å². The molecule has 0 radical (unpaired) electrons. The molecular weight excluding hydrogens is 200 g/mol. The van der Waals surface area contributed by atoms with E-state index in [2.05, 4.69) is 30.3 Å². The van der Waals surface area contributed by atoms with Gasteiger partial charge in [0, 0.05) is 19.7 Å². The lowest BCUT2D eigenvalue weighted by atomic mass is 9.97. The number of rotatable bonds is 6. The summed E-state index contributed by atoms with van der Waals surface area (Å²) in [4.78, 5) is 0. The lowest BCUT2D eigenvalue weighted by molar-refractivity contribution is 0.432. The molecule has 0 saturated carbocycles.